The molecule has 4 N–H and O–H groups in total. The summed E-state index contributed by atoms with van der Waals surface area (Å²) in [5.41, 5.74) is 4.18. The highest BCUT2D eigenvalue weighted by molar-refractivity contribution is 6.06. The van der Waals surface area contributed by atoms with Crippen LogP contribution in [-0.2, 0) is 45.7 Å². The lowest BCUT2D eigenvalue weighted by Crippen LogP contribution is -2.49. The Morgan fingerprint density at radius 2 is 1.70 bits per heavy atom. The highest BCUT2D eigenvalue weighted by atomic mass is 16.4. The van der Waals surface area contributed by atoms with E-state index < -0.39 is 11.5 Å². The zero-order chi connectivity index (χ0) is 35.6. The SMILES string of the molecule is CC(C)NC(=O)N1CCC(C(=O)N(CC(=O)Nc2ccc3c(c2)CC2(C3)C(=O)Nc3ncccc32)Cc2ccccc2CN(C)C(=O)O)CC1. The van der Waals surface area contributed by atoms with Crippen molar-refractivity contribution in [2.24, 2.45) is 5.92 Å². The second kappa shape index (κ2) is 14.2. The van der Waals surface area contributed by atoms with Crippen LogP contribution >= 0.6 is 0 Å². The van der Waals surface area contributed by atoms with Crippen molar-refractivity contribution < 1.29 is 29.1 Å². The van der Waals surface area contributed by atoms with Crippen LogP contribution in [0.15, 0.2) is 60.8 Å². The Balaban J connectivity index is 1.18. The number of anilines is 2. The molecule has 13 heteroatoms. The van der Waals surface area contributed by atoms with Crippen LogP contribution in [-0.4, -0.2) is 87.4 Å². The first-order valence-electron chi connectivity index (χ1n) is 17.0. The number of likely N-dealkylation sites (tertiary alicyclic amines) is 1. The molecule has 2 aliphatic heterocycles. The minimum atomic E-state index is -1.07. The van der Waals surface area contributed by atoms with Crippen LogP contribution in [0.1, 0.15) is 54.5 Å². The van der Waals surface area contributed by atoms with Gasteiger partial charge in [-0.1, -0.05) is 36.4 Å². The standard InChI is InChI=1S/C37H43N7O6/c1-23(2)39-35(48)43-15-12-24(13-16-43)33(46)44(21-27-8-5-4-7-26(27)20-42(3)36(49)50)22-31(45)40-29-11-10-25-18-37(19-28(25)17-29)30-9-6-14-38-32(30)41-34(37)47/h4-11,14,17,23-24H,12-13,15-16,18-22H2,1-3H3,(H,39,48)(H,40,45)(H,49,50)(H,38,41,47). The number of nitrogens with zero attached hydrogens (tertiary/aromatic N) is 4. The van der Waals surface area contributed by atoms with Crippen molar-refractivity contribution >= 4 is 41.4 Å². The highest BCUT2D eigenvalue weighted by Gasteiger charge is 2.51. The number of carbonyl (C=O) groups is 5. The topological polar surface area (TPSA) is 164 Å². The van der Waals surface area contributed by atoms with E-state index in [4.69, 9.17) is 0 Å². The molecule has 0 saturated carbocycles. The quantitative estimate of drug-likeness (QED) is 0.265. The summed E-state index contributed by atoms with van der Waals surface area (Å²) < 4.78 is 0. The third-order valence-corrected chi connectivity index (χ3v) is 9.87. The minimum Gasteiger partial charge on any atom is -0.465 e. The second-order valence-electron chi connectivity index (χ2n) is 13.8. The number of piperidine rings is 1. The molecule has 1 fully saturated rings. The van der Waals surface area contributed by atoms with Gasteiger partial charge in [-0.25, -0.2) is 14.6 Å². The molecule has 1 aliphatic carbocycles. The molecular weight excluding hydrogens is 638 g/mol. The molecule has 3 heterocycles. The molecule has 3 aromatic rings. The fraction of sp³-hybridized carbons (Fsp3) is 0.405. The van der Waals surface area contributed by atoms with Crippen molar-refractivity contribution in [3.63, 3.8) is 0 Å². The monoisotopic (exact) mass is 681 g/mol. The maximum atomic E-state index is 14.1. The lowest BCUT2D eigenvalue weighted by atomic mass is 9.79. The average molecular weight is 682 g/mol. The number of carbonyl (C=O) groups excluding carboxylic acids is 4. The van der Waals surface area contributed by atoms with Gasteiger partial charge in [-0.05, 0) is 80.0 Å². The van der Waals surface area contributed by atoms with E-state index in [0.29, 0.717) is 50.3 Å². The third-order valence-electron chi connectivity index (χ3n) is 9.87. The Labute approximate surface area is 291 Å². The van der Waals surface area contributed by atoms with E-state index in [0.717, 1.165) is 32.7 Å². The molecule has 3 aliphatic rings. The molecule has 2 aromatic carbocycles. The lowest BCUT2D eigenvalue weighted by molar-refractivity contribution is -0.140. The first-order chi connectivity index (χ1) is 23.9. The Bertz CT molecular complexity index is 1820. The Morgan fingerprint density at radius 1 is 1.00 bits per heavy atom. The van der Waals surface area contributed by atoms with E-state index >= 15 is 0 Å². The zero-order valence-electron chi connectivity index (χ0n) is 28.6. The van der Waals surface area contributed by atoms with Gasteiger partial charge in [-0.2, -0.15) is 0 Å². The van der Waals surface area contributed by atoms with E-state index in [9.17, 15) is 29.1 Å². The number of benzene rings is 2. The van der Waals surface area contributed by atoms with E-state index in [2.05, 4.69) is 20.9 Å². The smallest absolute Gasteiger partial charge is 0.407 e. The van der Waals surface area contributed by atoms with Crippen molar-refractivity contribution in [2.45, 2.75) is 64.1 Å². The molecule has 6 amide bonds. The molecular formula is C37H43N7O6. The van der Waals surface area contributed by atoms with E-state index in [1.807, 2.05) is 68.4 Å². The number of urea groups is 1. The summed E-state index contributed by atoms with van der Waals surface area (Å²) >= 11 is 0. The average Bonchev–Trinajstić information content (AvgIpc) is 3.60. The Hall–Kier alpha value is -5.46. The first kappa shape index (κ1) is 34.4. The number of carboxylic acid groups (broad SMARTS) is 1. The Kier molecular flexibility index (Phi) is 9.76. The molecule has 1 aromatic heterocycles. The zero-order valence-corrected chi connectivity index (χ0v) is 28.6. The molecule has 1 saturated heterocycles. The van der Waals surface area contributed by atoms with Gasteiger partial charge in [-0.15, -0.1) is 0 Å². The van der Waals surface area contributed by atoms with Gasteiger partial charge >= 0.3 is 12.1 Å². The number of hydrogen-bond donors (Lipinski definition) is 4. The number of aromatic nitrogens is 1. The van der Waals surface area contributed by atoms with E-state index in [1.54, 1.807) is 11.1 Å². The van der Waals surface area contributed by atoms with E-state index in [1.165, 1.54) is 11.9 Å². The van der Waals surface area contributed by atoms with Crippen LogP contribution in [0, 0.1) is 5.92 Å². The van der Waals surface area contributed by atoms with Gasteiger partial charge in [0.25, 0.3) is 0 Å². The summed E-state index contributed by atoms with van der Waals surface area (Å²) in [5, 5.41) is 18.2. The predicted molar refractivity (Wildman–Crippen MR) is 186 cm³/mol. The van der Waals surface area contributed by atoms with Crippen molar-refractivity contribution in [2.75, 3.05) is 37.3 Å². The largest absolute Gasteiger partial charge is 0.465 e. The molecule has 13 nitrogen and oxygen atoms in total. The van der Waals surface area contributed by atoms with Gasteiger partial charge in [0.1, 0.15) is 12.4 Å². The second-order valence-corrected chi connectivity index (χ2v) is 13.8. The molecule has 1 unspecified atom stereocenters. The minimum absolute atomic E-state index is 0.000819. The van der Waals surface area contributed by atoms with Gasteiger partial charge in [0.2, 0.25) is 17.7 Å². The van der Waals surface area contributed by atoms with Crippen LogP contribution in [0.5, 0.6) is 0 Å². The summed E-state index contributed by atoms with van der Waals surface area (Å²) in [6, 6.07) is 16.5. The number of fused-ring (bicyclic) bond motifs is 3. The molecule has 0 radical (unpaired) electrons. The van der Waals surface area contributed by atoms with Crippen molar-refractivity contribution in [3.8, 4) is 0 Å². The van der Waals surface area contributed by atoms with Gasteiger partial charge in [-0.3, -0.25) is 14.4 Å². The molecule has 1 atom stereocenters. The van der Waals surface area contributed by atoms with E-state index in [-0.39, 0.29) is 55.3 Å². The number of nitrogens with one attached hydrogen (secondary N) is 3. The van der Waals surface area contributed by atoms with Gasteiger partial charge in [0, 0.05) is 62.6 Å². The van der Waals surface area contributed by atoms with Crippen LogP contribution in [0.4, 0.5) is 21.1 Å². The number of rotatable bonds is 9. The highest BCUT2D eigenvalue weighted by Crippen LogP contribution is 2.47. The van der Waals surface area contributed by atoms with Crippen molar-refractivity contribution in [3.05, 3.63) is 88.6 Å². The summed E-state index contributed by atoms with van der Waals surface area (Å²) in [7, 11) is 1.48. The predicted octanol–water partition coefficient (Wildman–Crippen LogP) is 3.98. The molecule has 50 heavy (non-hydrogen) atoms. The number of hydrogen-bond acceptors (Lipinski definition) is 6. The van der Waals surface area contributed by atoms with Crippen LogP contribution in [0.3, 0.4) is 0 Å². The summed E-state index contributed by atoms with van der Waals surface area (Å²) in [6.07, 6.45) is 2.53. The number of amides is 6. The van der Waals surface area contributed by atoms with Gasteiger partial charge < -0.3 is 35.8 Å². The summed E-state index contributed by atoms with van der Waals surface area (Å²) in [5.74, 6) is -0.451. The molecule has 6 rings (SSSR count). The lowest BCUT2D eigenvalue weighted by Gasteiger charge is -2.34. The third kappa shape index (κ3) is 7.12. The summed E-state index contributed by atoms with van der Waals surface area (Å²) in [6.45, 7) is 4.64. The summed E-state index contributed by atoms with van der Waals surface area (Å²) in [4.78, 5) is 73.8. The van der Waals surface area contributed by atoms with Gasteiger partial charge in [0.15, 0.2) is 0 Å². The Morgan fingerprint density at radius 3 is 2.40 bits per heavy atom. The molecule has 1 spiro atoms. The van der Waals surface area contributed by atoms with Crippen LogP contribution in [0.2, 0.25) is 0 Å². The van der Waals surface area contributed by atoms with Gasteiger partial charge in [0.05, 0.1) is 5.41 Å². The molecule has 0 bridgehead atoms. The first-order valence-corrected chi connectivity index (χ1v) is 17.0. The van der Waals surface area contributed by atoms with Crippen molar-refractivity contribution in [1.29, 1.82) is 0 Å². The van der Waals surface area contributed by atoms with Crippen LogP contribution < -0.4 is 16.0 Å². The number of pyridine rings is 1. The van der Waals surface area contributed by atoms with Crippen LogP contribution in [0.25, 0.3) is 0 Å². The normalized spacial score (nSPS) is 18.0. The van der Waals surface area contributed by atoms with Crippen molar-refractivity contribution in [1.82, 2.24) is 25.0 Å². The fourth-order valence-corrected chi connectivity index (χ4v) is 7.25. The maximum absolute atomic E-state index is 14.1. The maximum Gasteiger partial charge on any atom is 0.407 e. The fourth-order valence-electron chi connectivity index (χ4n) is 7.25. The molecule has 262 valence electrons.